The van der Waals surface area contributed by atoms with Crippen molar-refractivity contribution in [2.45, 2.75) is 32.0 Å². The van der Waals surface area contributed by atoms with Crippen LogP contribution >= 0.6 is 0 Å². The average molecular weight is 476 g/mol. The van der Waals surface area contributed by atoms with Gasteiger partial charge in [0.25, 0.3) is 11.8 Å². The van der Waals surface area contributed by atoms with Crippen LogP contribution in [-0.4, -0.2) is 45.9 Å². The van der Waals surface area contributed by atoms with Gasteiger partial charge in [0.2, 0.25) is 0 Å². The Morgan fingerprint density at radius 2 is 1.94 bits per heavy atom. The van der Waals surface area contributed by atoms with Crippen LogP contribution in [0.25, 0.3) is 5.52 Å². The van der Waals surface area contributed by atoms with Crippen LogP contribution in [0.2, 0.25) is 0 Å². The minimum absolute atomic E-state index is 0.0115. The molecule has 4 rings (SSSR count). The number of nitrogens with one attached hydrogen (secondary N) is 2. The first-order valence-corrected chi connectivity index (χ1v) is 10.6. The number of carbonyl (C=O) groups is 2. The molecule has 34 heavy (non-hydrogen) atoms. The molecule has 1 saturated heterocycles. The third-order valence-corrected chi connectivity index (χ3v) is 5.93. The number of aryl methyl sites for hydroxylation is 1. The number of pyridine rings is 1. The van der Waals surface area contributed by atoms with Crippen molar-refractivity contribution in [2.75, 3.05) is 13.2 Å². The summed E-state index contributed by atoms with van der Waals surface area (Å²) in [4.78, 5) is 24.5. The van der Waals surface area contributed by atoms with Gasteiger partial charge in [-0.05, 0) is 43.2 Å². The molecule has 0 spiro atoms. The molecule has 11 heteroatoms. The lowest BCUT2D eigenvalue weighted by molar-refractivity contribution is -0.142. The normalized spacial score (nSPS) is 18.6. The van der Waals surface area contributed by atoms with Crippen molar-refractivity contribution in [2.24, 2.45) is 5.92 Å². The smallest absolute Gasteiger partial charge is 0.380 e. The number of alkyl halides is 3. The summed E-state index contributed by atoms with van der Waals surface area (Å²) >= 11 is 0. The second-order valence-corrected chi connectivity index (χ2v) is 8.19. The van der Waals surface area contributed by atoms with Gasteiger partial charge < -0.3 is 10.1 Å². The molecule has 3 N–H and O–H groups in total. The van der Waals surface area contributed by atoms with Gasteiger partial charge in [-0.15, -0.1) is 0 Å². The van der Waals surface area contributed by atoms with Crippen molar-refractivity contribution >= 4 is 17.3 Å². The highest BCUT2D eigenvalue weighted by atomic mass is 19.4. The maximum Gasteiger partial charge on any atom is 0.435 e. The summed E-state index contributed by atoms with van der Waals surface area (Å²) in [5.74, 6) is -1.82. The van der Waals surface area contributed by atoms with Crippen LogP contribution in [0.15, 0.2) is 42.5 Å². The Bertz CT molecular complexity index is 1210. The molecular formula is C23H23F3N4O4. The number of aromatic nitrogens is 2. The molecular weight excluding hydrogens is 453 g/mol. The van der Waals surface area contributed by atoms with E-state index in [4.69, 9.17) is 9.94 Å². The first-order valence-electron chi connectivity index (χ1n) is 10.6. The zero-order valence-electron chi connectivity index (χ0n) is 18.2. The van der Waals surface area contributed by atoms with Crippen molar-refractivity contribution in [3.05, 3.63) is 70.5 Å². The lowest BCUT2D eigenvalue weighted by Gasteiger charge is -2.30. The topological polar surface area (TPSA) is 105 Å². The number of rotatable bonds is 5. The van der Waals surface area contributed by atoms with E-state index in [9.17, 15) is 22.8 Å². The van der Waals surface area contributed by atoms with E-state index in [1.807, 2.05) is 0 Å². The summed E-state index contributed by atoms with van der Waals surface area (Å²) in [6.45, 7) is 2.11. The van der Waals surface area contributed by atoms with Crippen molar-refractivity contribution in [1.29, 1.82) is 0 Å². The molecule has 8 nitrogen and oxygen atoms in total. The van der Waals surface area contributed by atoms with Crippen molar-refractivity contribution in [3.63, 3.8) is 0 Å². The van der Waals surface area contributed by atoms with Gasteiger partial charge in [-0.25, -0.2) is 10.00 Å². The molecule has 1 aliphatic heterocycles. The molecule has 0 aliphatic carbocycles. The molecule has 3 aromatic rings. The molecule has 0 radical (unpaired) electrons. The predicted octanol–water partition coefficient (Wildman–Crippen LogP) is 2.89. The van der Waals surface area contributed by atoms with Gasteiger partial charge in [-0.2, -0.15) is 18.3 Å². The summed E-state index contributed by atoms with van der Waals surface area (Å²) in [5.41, 5.74) is 2.55. The number of ether oxygens (including phenoxy) is 1. The Hall–Kier alpha value is -3.44. The quantitative estimate of drug-likeness (QED) is 0.388. The number of carbonyl (C=O) groups excluding carboxylic acids is 2. The molecule has 0 saturated carbocycles. The summed E-state index contributed by atoms with van der Waals surface area (Å²) < 4.78 is 47.5. The number of hydrogen-bond acceptors (Lipinski definition) is 5. The largest absolute Gasteiger partial charge is 0.435 e. The van der Waals surface area contributed by atoms with Gasteiger partial charge in [-0.1, -0.05) is 18.2 Å². The van der Waals surface area contributed by atoms with E-state index in [2.05, 4.69) is 10.4 Å². The average Bonchev–Trinajstić information content (AvgIpc) is 3.19. The van der Waals surface area contributed by atoms with Crippen LogP contribution in [-0.2, 0) is 22.1 Å². The van der Waals surface area contributed by atoms with E-state index in [-0.39, 0.29) is 18.6 Å². The van der Waals surface area contributed by atoms with Gasteiger partial charge in [0.1, 0.15) is 0 Å². The first-order chi connectivity index (χ1) is 16.2. The third-order valence-electron chi connectivity index (χ3n) is 5.93. The molecule has 1 aromatic carbocycles. The molecule has 1 fully saturated rings. The molecule has 2 amide bonds. The fraction of sp³-hybridized carbons (Fsp3) is 0.348. The molecule has 0 bridgehead atoms. The van der Waals surface area contributed by atoms with Gasteiger partial charge in [-0.3, -0.25) is 14.8 Å². The van der Waals surface area contributed by atoms with E-state index in [1.165, 1.54) is 16.6 Å². The second-order valence-electron chi connectivity index (χ2n) is 8.19. The van der Waals surface area contributed by atoms with Crippen molar-refractivity contribution in [3.8, 4) is 0 Å². The van der Waals surface area contributed by atoms with Gasteiger partial charge in [0.15, 0.2) is 5.69 Å². The van der Waals surface area contributed by atoms with Crippen LogP contribution in [0.5, 0.6) is 0 Å². The zero-order chi connectivity index (χ0) is 24.5. The van der Waals surface area contributed by atoms with Gasteiger partial charge >= 0.3 is 6.18 Å². The number of hydroxylamine groups is 1. The van der Waals surface area contributed by atoms with Crippen LogP contribution in [0.3, 0.4) is 0 Å². The SMILES string of the molecule is Cc1cccc2c(Cc3ccc(C(=O)N[C@@H]4CCOC[C@@H]4C(=O)NO)cc3)c(C(F)(F)F)nn12. The van der Waals surface area contributed by atoms with Crippen LogP contribution in [0.1, 0.15) is 39.3 Å². The minimum Gasteiger partial charge on any atom is -0.380 e. The van der Waals surface area contributed by atoms with Gasteiger partial charge in [0.05, 0.1) is 18.0 Å². The Morgan fingerprint density at radius 3 is 2.62 bits per heavy atom. The maximum atomic E-state index is 13.6. The van der Waals surface area contributed by atoms with E-state index >= 15 is 0 Å². The summed E-state index contributed by atoms with van der Waals surface area (Å²) in [6, 6.07) is 10.7. The maximum absolute atomic E-state index is 13.6. The first kappa shape index (κ1) is 23.7. The van der Waals surface area contributed by atoms with Crippen LogP contribution in [0, 0.1) is 12.8 Å². The molecule has 2 atom stereocenters. The highest BCUT2D eigenvalue weighted by Crippen LogP contribution is 2.34. The number of benzene rings is 1. The molecule has 3 heterocycles. The molecule has 2 aromatic heterocycles. The molecule has 1 aliphatic rings. The second kappa shape index (κ2) is 9.43. The van der Waals surface area contributed by atoms with E-state index in [0.717, 1.165) is 0 Å². The van der Waals surface area contributed by atoms with Crippen LogP contribution < -0.4 is 10.8 Å². The van der Waals surface area contributed by atoms with Crippen molar-refractivity contribution < 1.29 is 32.7 Å². The fourth-order valence-electron chi connectivity index (χ4n) is 4.14. The zero-order valence-corrected chi connectivity index (χ0v) is 18.2. The standard InChI is InChI=1S/C23H23F3N4O4/c1-13-3-2-4-19-16(20(23(24,25)26)28-30(13)19)11-14-5-7-15(8-6-14)21(31)27-18-9-10-34-12-17(18)22(32)29-33/h2-8,17-18,33H,9-12H2,1H3,(H,27,31)(H,29,32)/t17-,18+/m0/s1. The lowest BCUT2D eigenvalue weighted by Crippen LogP contribution is -2.51. The van der Waals surface area contributed by atoms with E-state index < -0.39 is 35.6 Å². The summed E-state index contributed by atoms with van der Waals surface area (Å²) in [5, 5.41) is 15.5. The Kier molecular flexibility index (Phi) is 6.58. The molecule has 180 valence electrons. The Morgan fingerprint density at radius 1 is 1.21 bits per heavy atom. The Labute approximate surface area is 192 Å². The third kappa shape index (κ3) is 4.75. The fourth-order valence-corrected chi connectivity index (χ4v) is 4.14. The highest BCUT2D eigenvalue weighted by molar-refractivity contribution is 5.95. The number of nitrogens with zero attached hydrogens (tertiary/aromatic N) is 2. The summed E-state index contributed by atoms with van der Waals surface area (Å²) in [7, 11) is 0. The van der Waals surface area contributed by atoms with E-state index in [1.54, 1.807) is 42.7 Å². The number of halogens is 3. The molecule has 0 unspecified atom stereocenters. The summed E-state index contributed by atoms with van der Waals surface area (Å²) in [6.07, 6.45) is -4.21. The highest BCUT2D eigenvalue weighted by Gasteiger charge is 2.38. The predicted molar refractivity (Wildman–Crippen MR) is 114 cm³/mol. The number of amides is 2. The number of hydrogen-bond donors (Lipinski definition) is 3. The van der Waals surface area contributed by atoms with Crippen LogP contribution in [0.4, 0.5) is 13.2 Å². The Balaban J connectivity index is 1.54. The lowest BCUT2D eigenvalue weighted by atomic mass is 9.94. The van der Waals surface area contributed by atoms with Crippen molar-refractivity contribution in [1.82, 2.24) is 20.4 Å². The number of fused-ring (bicyclic) bond motifs is 1. The van der Waals surface area contributed by atoms with E-state index in [0.29, 0.717) is 35.4 Å². The van der Waals surface area contributed by atoms with Gasteiger partial charge in [0, 0.05) is 35.9 Å². The minimum atomic E-state index is -4.60. The monoisotopic (exact) mass is 476 g/mol.